The lowest BCUT2D eigenvalue weighted by atomic mass is 9.85. The van der Waals surface area contributed by atoms with E-state index in [1.807, 2.05) is 117 Å². The predicted octanol–water partition coefficient (Wildman–Crippen LogP) is 11.1. The van der Waals surface area contributed by atoms with Crippen LogP contribution in [0, 0.1) is 18.2 Å². The summed E-state index contributed by atoms with van der Waals surface area (Å²) in [6.07, 6.45) is -0.458. The second kappa shape index (κ2) is 35.4. The molecular formula is C74H97FN6O15S. The summed E-state index contributed by atoms with van der Waals surface area (Å²) in [5, 5.41) is 19.5. The van der Waals surface area contributed by atoms with Gasteiger partial charge in [0.25, 0.3) is 5.91 Å². The molecule has 0 spiro atoms. The molecule has 6 aromatic rings. The molecule has 4 heterocycles. The number of β-amino-alcohol motifs (C(OH)–C–C–N with tert-alkyl or cyclic N) is 1. The molecule has 2 aliphatic rings. The normalized spacial score (nSPS) is 17.4. The third-order valence-corrected chi connectivity index (χ3v) is 17.2. The van der Waals surface area contributed by atoms with E-state index in [1.165, 1.54) is 17.0 Å². The number of anilines is 1. The van der Waals surface area contributed by atoms with E-state index in [9.17, 15) is 33.5 Å². The minimum Gasteiger partial charge on any atom is -0.491 e. The second-order valence-electron chi connectivity index (χ2n) is 27.1. The van der Waals surface area contributed by atoms with E-state index < -0.39 is 52.9 Å². The zero-order valence-electron chi connectivity index (χ0n) is 57.9. The van der Waals surface area contributed by atoms with Crippen molar-refractivity contribution >= 4 is 46.6 Å². The lowest BCUT2D eigenvalue weighted by Crippen LogP contribution is -2.58. The van der Waals surface area contributed by atoms with Crippen molar-refractivity contribution in [1.29, 1.82) is 0 Å². The summed E-state index contributed by atoms with van der Waals surface area (Å²) in [4.78, 5) is 75.2. The summed E-state index contributed by atoms with van der Waals surface area (Å²) in [5.74, 6) is -2.87. The Bertz CT molecular complexity index is 3510. The van der Waals surface area contributed by atoms with Gasteiger partial charge < -0.3 is 73.2 Å². The van der Waals surface area contributed by atoms with Crippen LogP contribution in [0.25, 0.3) is 32.8 Å². The zero-order valence-corrected chi connectivity index (χ0v) is 58.7. The quantitative estimate of drug-likeness (QED) is 0.0217. The third-order valence-electron chi connectivity index (χ3n) is 16.2. The fourth-order valence-electron chi connectivity index (χ4n) is 11.9. The standard InChI is InChI=1S/C74H97FN6O15S/c1-48(2)65-64(63(51-15-13-12-14-16-51)66(52-21-23-54(75)24-22-52)80(65)30-29-58-42-59(95-74(10,11)94-58)43-62(84)96-73(7,8)9)70(86)78-55-25-27-57(28-26-55)93-40-39-91-36-35-89-32-31-88-33-34-90-37-38-92-46-61(83)79-68(72(4,5)6)71(87)81-45-56(82)41-60(81)69(85)76-44-50-17-19-53(20-18-50)67-49(3)77-47-97-67/h12-28,47-48,56,58-60,68,82H,29-46H2,1-11H3,(H,76,85)(H,78,86)(H,79,83)/t56-,58-,59-,60+,68-/m1/s1. The largest absolute Gasteiger partial charge is 0.491 e. The van der Waals surface area contributed by atoms with Crippen molar-refractivity contribution in [2.45, 2.75) is 163 Å². The number of benzene rings is 4. The van der Waals surface area contributed by atoms with Gasteiger partial charge in [0.05, 0.1) is 112 Å². The third kappa shape index (κ3) is 22.5. The van der Waals surface area contributed by atoms with Gasteiger partial charge in [-0.15, -0.1) is 11.3 Å². The van der Waals surface area contributed by atoms with Gasteiger partial charge >= 0.3 is 5.97 Å². The maximum absolute atomic E-state index is 14.9. The molecule has 97 heavy (non-hydrogen) atoms. The molecule has 8 rings (SSSR count). The zero-order chi connectivity index (χ0) is 69.9. The van der Waals surface area contributed by atoms with E-state index in [4.69, 9.17) is 42.6 Å². The summed E-state index contributed by atoms with van der Waals surface area (Å²) in [7, 11) is 0. The number of hydrogen-bond acceptors (Lipinski definition) is 17. The molecule has 4 aromatic carbocycles. The van der Waals surface area contributed by atoms with Gasteiger partial charge in [-0.05, 0) is 130 Å². The number of nitrogens with one attached hydrogen (secondary N) is 3. The van der Waals surface area contributed by atoms with Gasteiger partial charge in [0, 0.05) is 49.4 Å². The Hall–Kier alpha value is -7.45. The minimum absolute atomic E-state index is 0.0329. The van der Waals surface area contributed by atoms with E-state index >= 15 is 0 Å². The SMILES string of the molecule is Cc1ncsc1-c1ccc(CNC(=O)[C@@H]2C[C@@H](O)CN2C(=O)[C@@H](NC(=O)COCCOCCOCCOCCOCCOc2ccc(NC(=O)c3c(-c4ccccc4)c(-c4ccc(F)cc4)n(CC[C@@H]4C[C@H](CC(=O)OC(C)(C)C)OC(C)(C)O4)c3C(C)C)cc2)C(C)(C)C)cc1. The van der Waals surface area contributed by atoms with Crippen LogP contribution in [0.1, 0.15) is 128 Å². The number of aromatic nitrogens is 2. The van der Waals surface area contributed by atoms with Crippen LogP contribution in [-0.2, 0) is 70.2 Å². The highest BCUT2D eigenvalue weighted by Gasteiger charge is 2.45. The molecule has 4 N–H and O–H groups in total. The van der Waals surface area contributed by atoms with Crippen molar-refractivity contribution in [2.24, 2.45) is 5.41 Å². The molecule has 2 aromatic heterocycles. The number of aliphatic hydroxyl groups is 1. The van der Waals surface area contributed by atoms with E-state index in [2.05, 4.69) is 39.3 Å². The van der Waals surface area contributed by atoms with Gasteiger partial charge in [-0.25, -0.2) is 9.37 Å². The van der Waals surface area contributed by atoms with Crippen molar-refractivity contribution in [1.82, 2.24) is 25.1 Å². The van der Waals surface area contributed by atoms with Crippen molar-refractivity contribution in [3.05, 3.63) is 137 Å². The maximum atomic E-state index is 14.9. The number of rotatable bonds is 34. The Morgan fingerprint density at radius 3 is 1.93 bits per heavy atom. The molecule has 526 valence electrons. The smallest absolute Gasteiger partial charge is 0.308 e. The first-order valence-electron chi connectivity index (χ1n) is 33.4. The maximum Gasteiger partial charge on any atom is 0.308 e. The van der Waals surface area contributed by atoms with Crippen LogP contribution in [-0.4, -0.2) is 170 Å². The molecule has 5 atom stereocenters. The van der Waals surface area contributed by atoms with Crippen molar-refractivity contribution in [3.8, 4) is 38.6 Å². The van der Waals surface area contributed by atoms with Gasteiger partial charge in [-0.1, -0.05) is 89.2 Å². The minimum atomic E-state index is -0.987. The molecule has 0 bridgehead atoms. The van der Waals surface area contributed by atoms with Gasteiger partial charge in [-0.2, -0.15) is 0 Å². The lowest BCUT2D eigenvalue weighted by Gasteiger charge is -2.41. The van der Waals surface area contributed by atoms with Gasteiger partial charge in [0.2, 0.25) is 17.7 Å². The Morgan fingerprint density at radius 1 is 0.742 bits per heavy atom. The number of aliphatic hydroxyl groups excluding tert-OH is 1. The molecule has 0 saturated carbocycles. The lowest BCUT2D eigenvalue weighted by molar-refractivity contribution is -0.301. The van der Waals surface area contributed by atoms with Crippen LogP contribution in [0.3, 0.4) is 0 Å². The summed E-state index contributed by atoms with van der Waals surface area (Å²) in [6, 6.07) is 29.2. The Morgan fingerprint density at radius 2 is 1.34 bits per heavy atom. The molecule has 23 heteroatoms. The predicted molar refractivity (Wildman–Crippen MR) is 369 cm³/mol. The number of halogens is 1. The van der Waals surface area contributed by atoms with Crippen LogP contribution in [0.15, 0.2) is 109 Å². The number of nitrogens with zero attached hydrogens (tertiary/aromatic N) is 3. The number of carbonyl (C=O) groups is 5. The van der Waals surface area contributed by atoms with Gasteiger partial charge in [0.15, 0.2) is 5.79 Å². The number of esters is 1. The molecule has 0 radical (unpaired) electrons. The van der Waals surface area contributed by atoms with Crippen LogP contribution < -0.4 is 20.7 Å². The first kappa shape index (κ1) is 75.3. The number of ether oxygens (including phenoxy) is 9. The van der Waals surface area contributed by atoms with Crippen molar-refractivity contribution in [3.63, 3.8) is 0 Å². The fraction of sp³-hybridized carbons (Fsp3) is 0.514. The fourth-order valence-corrected chi connectivity index (χ4v) is 12.7. The van der Waals surface area contributed by atoms with Crippen LogP contribution in [0.4, 0.5) is 10.1 Å². The van der Waals surface area contributed by atoms with Crippen LogP contribution in [0.2, 0.25) is 0 Å². The molecule has 0 unspecified atom stereocenters. The molecule has 21 nitrogen and oxygen atoms in total. The first-order valence-corrected chi connectivity index (χ1v) is 34.2. The van der Waals surface area contributed by atoms with E-state index in [0.717, 1.165) is 49.8 Å². The number of carbonyl (C=O) groups excluding carboxylic acids is 5. The molecule has 2 saturated heterocycles. The van der Waals surface area contributed by atoms with E-state index in [0.29, 0.717) is 82.6 Å². The van der Waals surface area contributed by atoms with Gasteiger partial charge in [0.1, 0.15) is 42.5 Å². The summed E-state index contributed by atoms with van der Waals surface area (Å²) >= 11 is 1.56. The van der Waals surface area contributed by atoms with Crippen LogP contribution >= 0.6 is 11.3 Å². The highest BCUT2D eigenvalue weighted by molar-refractivity contribution is 7.13. The van der Waals surface area contributed by atoms with E-state index in [1.54, 1.807) is 53.2 Å². The molecular weight excluding hydrogens is 1260 g/mol. The number of thiazole rings is 1. The molecule has 4 amide bonds. The highest BCUT2D eigenvalue weighted by atomic mass is 32.1. The Kier molecular flexibility index (Phi) is 27.5. The van der Waals surface area contributed by atoms with Crippen molar-refractivity contribution < 1.29 is 76.1 Å². The average molecular weight is 1360 g/mol. The Balaban J connectivity index is 0.712. The number of aryl methyl sites for hydroxylation is 1. The molecule has 0 aliphatic carbocycles. The van der Waals surface area contributed by atoms with Crippen molar-refractivity contribution in [2.75, 3.05) is 84.5 Å². The first-order chi connectivity index (χ1) is 46.2. The van der Waals surface area contributed by atoms with Crippen LogP contribution in [0.5, 0.6) is 5.75 Å². The number of likely N-dealkylation sites (tertiary alicyclic amines) is 1. The Labute approximate surface area is 573 Å². The summed E-state index contributed by atoms with van der Waals surface area (Å²) < 4.78 is 69.2. The van der Waals surface area contributed by atoms with E-state index in [-0.39, 0.29) is 88.0 Å². The van der Waals surface area contributed by atoms with Gasteiger partial charge in [-0.3, -0.25) is 24.0 Å². The number of amides is 4. The summed E-state index contributed by atoms with van der Waals surface area (Å²) in [5.41, 5.74) is 8.25. The average Bonchev–Trinajstić information content (AvgIpc) is 1.59. The number of hydrogen-bond donors (Lipinski definition) is 4. The highest BCUT2D eigenvalue weighted by Crippen LogP contribution is 2.44. The topological polar surface area (TPSA) is 246 Å². The molecule has 2 aliphatic heterocycles. The second-order valence-corrected chi connectivity index (χ2v) is 28.0. The molecule has 2 fully saturated rings. The summed E-state index contributed by atoms with van der Waals surface area (Å²) in [6.45, 7) is 24.1. The monoisotopic (exact) mass is 1360 g/mol.